The van der Waals surface area contributed by atoms with Gasteiger partial charge in [0.1, 0.15) is 17.6 Å². The molecule has 26 heavy (non-hydrogen) atoms. The number of ether oxygens (including phenoxy) is 1. The molecule has 0 spiro atoms. The van der Waals surface area contributed by atoms with Crippen molar-refractivity contribution in [1.82, 2.24) is 9.97 Å². The molecule has 0 amide bonds. The summed E-state index contributed by atoms with van der Waals surface area (Å²) in [4.78, 5) is 7.77. The standard InChI is InChI=1S/C22H17N3O/c1-2-26-21-12-11-15-7-3-4-8-17(15)18(21)13-16(14-23)22-24-19-9-5-6-10-20(19)25-22/h3-13H,2H2,1H3,(H,24,25). The molecule has 1 heterocycles. The number of nitriles is 1. The van der Waals surface area contributed by atoms with Crippen LogP contribution in [0.5, 0.6) is 5.75 Å². The molecule has 0 radical (unpaired) electrons. The van der Waals surface area contributed by atoms with E-state index in [1.807, 2.05) is 67.6 Å². The van der Waals surface area contributed by atoms with Gasteiger partial charge in [0.05, 0.1) is 23.2 Å². The number of benzene rings is 3. The van der Waals surface area contributed by atoms with Crippen LogP contribution in [0.25, 0.3) is 33.5 Å². The lowest BCUT2D eigenvalue weighted by molar-refractivity contribution is 0.340. The topological polar surface area (TPSA) is 61.7 Å². The minimum Gasteiger partial charge on any atom is -0.493 e. The summed E-state index contributed by atoms with van der Waals surface area (Å²) >= 11 is 0. The number of allylic oxidation sites excluding steroid dienone is 1. The van der Waals surface area contributed by atoms with Gasteiger partial charge in [-0.2, -0.15) is 5.26 Å². The van der Waals surface area contributed by atoms with Crippen LogP contribution in [0.4, 0.5) is 0 Å². The molecular weight excluding hydrogens is 322 g/mol. The fraction of sp³-hybridized carbons (Fsp3) is 0.0909. The molecule has 4 rings (SSSR count). The number of nitrogens with zero attached hydrogens (tertiary/aromatic N) is 2. The number of rotatable bonds is 4. The van der Waals surface area contributed by atoms with Crippen molar-refractivity contribution in [3.63, 3.8) is 0 Å². The van der Waals surface area contributed by atoms with Gasteiger partial charge >= 0.3 is 0 Å². The monoisotopic (exact) mass is 339 g/mol. The second kappa shape index (κ2) is 6.73. The number of hydrogen-bond donors (Lipinski definition) is 1. The molecule has 0 aliphatic heterocycles. The first-order valence-corrected chi connectivity index (χ1v) is 8.51. The van der Waals surface area contributed by atoms with Crippen LogP contribution in [-0.2, 0) is 0 Å². The highest BCUT2D eigenvalue weighted by Gasteiger charge is 2.12. The smallest absolute Gasteiger partial charge is 0.149 e. The van der Waals surface area contributed by atoms with E-state index in [0.717, 1.165) is 33.1 Å². The average Bonchev–Trinajstić information content (AvgIpc) is 3.11. The van der Waals surface area contributed by atoms with Gasteiger partial charge in [0.2, 0.25) is 0 Å². The molecule has 4 heteroatoms. The highest BCUT2D eigenvalue weighted by atomic mass is 16.5. The van der Waals surface area contributed by atoms with E-state index in [9.17, 15) is 5.26 Å². The van der Waals surface area contributed by atoms with Gasteiger partial charge in [-0.1, -0.05) is 42.5 Å². The van der Waals surface area contributed by atoms with Crippen molar-refractivity contribution in [3.05, 3.63) is 72.1 Å². The number of hydrogen-bond acceptors (Lipinski definition) is 3. The summed E-state index contributed by atoms with van der Waals surface area (Å²) in [6.07, 6.45) is 1.85. The van der Waals surface area contributed by atoms with Crippen molar-refractivity contribution in [2.75, 3.05) is 6.61 Å². The maximum Gasteiger partial charge on any atom is 0.149 e. The molecule has 0 saturated heterocycles. The van der Waals surface area contributed by atoms with Crippen molar-refractivity contribution in [2.24, 2.45) is 0 Å². The van der Waals surface area contributed by atoms with E-state index in [1.165, 1.54) is 0 Å². The minimum atomic E-state index is 0.471. The van der Waals surface area contributed by atoms with E-state index in [2.05, 4.69) is 22.1 Å². The highest BCUT2D eigenvalue weighted by Crippen LogP contribution is 2.32. The summed E-state index contributed by atoms with van der Waals surface area (Å²) in [5.74, 6) is 1.32. The molecule has 0 atom stereocenters. The number of nitrogens with one attached hydrogen (secondary N) is 1. The van der Waals surface area contributed by atoms with E-state index >= 15 is 0 Å². The Labute approximate surface area is 151 Å². The summed E-state index contributed by atoms with van der Waals surface area (Å²) in [5.41, 5.74) is 3.11. The van der Waals surface area contributed by atoms with Gasteiger partial charge in [0.15, 0.2) is 0 Å². The maximum atomic E-state index is 9.74. The largest absolute Gasteiger partial charge is 0.493 e. The van der Waals surface area contributed by atoms with E-state index in [0.29, 0.717) is 18.0 Å². The first-order valence-electron chi connectivity index (χ1n) is 8.51. The summed E-state index contributed by atoms with van der Waals surface area (Å²) < 4.78 is 5.80. The Bertz CT molecular complexity index is 1130. The van der Waals surface area contributed by atoms with Crippen LogP contribution >= 0.6 is 0 Å². The molecule has 1 aromatic heterocycles. The lowest BCUT2D eigenvalue weighted by Crippen LogP contribution is -1.95. The number of para-hydroxylation sites is 2. The van der Waals surface area contributed by atoms with Crippen molar-refractivity contribution in [3.8, 4) is 11.8 Å². The predicted octanol–water partition coefficient (Wildman–Crippen LogP) is 5.18. The Kier molecular flexibility index (Phi) is 4.12. The van der Waals surface area contributed by atoms with Crippen LogP contribution in [0, 0.1) is 11.3 Å². The first-order chi connectivity index (χ1) is 12.8. The third-order valence-electron chi connectivity index (χ3n) is 4.28. The van der Waals surface area contributed by atoms with Crippen LogP contribution in [0.3, 0.4) is 0 Å². The Morgan fingerprint density at radius 2 is 1.92 bits per heavy atom. The molecule has 126 valence electrons. The molecule has 0 saturated carbocycles. The molecule has 4 nitrogen and oxygen atoms in total. The highest BCUT2D eigenvalue weighted by molar-refractivity contribution is 6.00. The number of aromatic amines is 1. The summed E-state index contributed by atoms with van der Waals surface area (Å²) in [5, 5.41) is 11.9. The average molecular weight is 339 g/mol. The quantitative estimate of drug-likeness (QED) is 0.521. The molecular formula is C22H17N3O. The normalized spacial score (nSPS) is 11.6. The fourth-order valence-corrected chi connectivity index (χ4v) is 3.08. The van der Waals surface area contributed by atoms with Gasteiger partial charge in [-0.15, -0.1) is 0 Å². The summed E-state index contributed by atoms with van der Waals surface area (Å²) in [6.45, 7) is 2.51. The van der Waals surface area contributed by atoms with Crippen LogP contribution in [0.2, 0.25) is 0 Å². The zero-order valence-corrected chi connectivity index (χ0v) is 14.4. The van der Waals surface area contributed by atoms with E-state index in [-0.39, 0.29) is 0 Å². The maximum absolute atomic E-state index is 9.74. The number of aromatic nitrogens is 2. The van der Waals surface area contributed by atoms with Gasteiger partial charge in [0.25, 0.3) is 0 Å². The number of fused-ring (bicyclic) bond motifs is 2. The van der Waals surface area contributed by atoms with Crippen LogP contribution in [0.15, 0.2) is 60.7 Å². The molecule has 0 unspecified atom stereocenters. The second-order valence-electron chi connectivity index (χ2n) is 5.90. The Morgan fingerprint density at radius 3 is 2.73 bits per heavy atom. The number of imidazole rings is 1. The van der Waals surface area contributed by atoms with Gasteiger partial charge < -0.3 is 9.72 Å². The molecule has 0 bridgehead atoms. The van der Waals surface area contributed by atoms with Crippen molar-refractivity contribution in [1.29, 1.82) is 5.26 Å². The van der Waals surface area contributed by atoms with E-state index in [4.69, 9.17) is 4.74 Å². The van der Waals surface area contributed by atoms with Crippen LogP contribution in [-0.4, -0.2) is 16.6 Å². The van der Waals surface area contributed by atoms with Crippen LogP contribution < -0.4 is 4.74 Å². The third-order valence-corrected chi connectivity index (χ3v) is 4.28. The van der Waals surface area contributed by atoms with Crippen LogP contribution in [0.1, 0.15) is 18.3 Å². The molecule has 0 aliphatic carbocycles. The Balaban J connectivity index is 1.92. The zero-order chi connectivity index (χ0) is 17.9. The fourth-order valence-electron chi connectivity index (χ4n) is 3.08. The zero-order valence-electron chi connectivity index (χ0n) is 14.4. The molecule has 4 aromatic rings. The third kappa shape index (κ3) is 2.80. The van der Waals surface area contributed by atoms with Crippen molar-refractivity contribution >= 4 is 33.5 Å². The number of H-pyrrole nitrogens is 1. The predicted molar refractivity (Wildman–Crippen MR) is 105 cm³/mol. The van der Waals surface area contributed by atoms with Gasteiger partial charge in [-0.05, 0) is 42.0 Å². The van der Waals surface area contributed by atoms with Crippen molar-refractivity contribution in [2.45, 2.75) is 6.92 Å². The molecule has 3 aromatic carbocycles. The second-order valence-corrected chi connectivity index (χ2v) is 5.90. The molecule has 0 aliphatic rings. The summed E-state index contributed by atoms with van der Waals surface area (Å²) in [7, 11) is 0. The SMILES string of the molecule is CCOc1ccc2ccccc2c1C=C(C#N)c1nc2ccccc2[nH]1. The Hall–Kier alpha value is -3.58. The summed E-state index contributed by atoms with van der Waals surface area (Å²) in [6, 6.07) is 22.1. The molecule has 1 N–H and O–H groups in total. The van der Waals surface area contributed by atoms with Crippen molar-refractivity contribution < 1.29 is 4.74 Å². The minimum absolute atomic E-state index is 0.471. The van der Waals surface area contributed by atoms with E-state index in [1.54, 1.807) is 0 Å². The van der Waals surface area contributed by atoms with Gasteiger partial charge in [-0.3, -0.25) is 0 Å². The molecule has 0 fully saturated rings. The van der Waals surface area contributed by atoms with Gasteiger partial charge in [-0.25, -0.2) is 4.98 Å². The lowest BCUT2D eigenvalue weighted by atomic mass is 10.0. The lowest BCUT2D eigenvalue weighted by Gasteiger charge is -2.11. The Morgan fingerprint density at radius 1 is 1.12 bits per heavy atom. The van der Waals surface area contributed by atoms with Gasteiger partial charge in [0, 0.05) is 5.56 Å². The van der Waals surface area contributed by atoms with E-state index < -0.39 is 0 Å². The first kappa shape index (κ1) is 15.9.